The molecule has 0 spiro atoms. The molecule has 0 bridgehead atoms. The van der Waals surface area contributed by atoms with E-state index in [0.717, 1.165) is 35.0 Å². The van der Waals surface area contributed by atoms with Crippen LogP contribution in [-0.2, 0) is 6.42 Å². The molecule has 0 fully saturated rings. The monoisotopic (exact) mass is 315 g/mol. The van der Waals surface area contributed by atoms with Crippen LogP contribution in [0.4, 0.5) is 0 Å². The standard InChI is InChI=1S/C17H27Cl2N/c1-3-5-6-7-8-16(20-11-4-2)13-14-12-15(18)9-10-17(14)19/h9-10,12,16,20H,3-8,11,13H2,1-2H3. The highest BCUT2D eigenvalue weighted by Crippen LogP contribution is 2.23. The Labute approximate surface area is 134 Å². The number of hydrogen-bond acceptors (Lipinski definition) is 1. The lowest BCUT2D eigenvalue weighted by atomic mass is 9.99. The quantitative estimate of drug-likeness (QED) is 0.532. The van der Waals surface area contributed by atoms with E-state index in [9.17, 15) is 0 Å². The molecule has 0 aliphatic carbocycles. The van der Waals surface area contributed by atoms with Crippen LogP contribution in [0.3, 0.4) is 0 Å². The molecule has 1 rings (SSSR count). The van der Waals surface area contributed by atoms with Crippen LogP contribution in [0.15, 0.2) is 18.2 Å². The Morgan fingerprint density at radius 2 is 1.85 bits per heavy atom. The van der Waals surface area contributed by atoms with Gasteiger partial charge in [0.15, 0.2) is 0 Å². The van der Waals surface area contributed by atoms with Crippen LogP contribution < -0.4 is 5.32 Å². The molecule has 20 heavy (non-hydrogen) atoms. The van der Waals surface area contributed by atoms with Crippen molar-refractivity contribution in [3.05, 3.63) is 33.8 Å². The summed E-state index contributed by atoms with van der Waals surface area (Å²) in [6, 6.07) is 6.25. The Balaban J connectivity index is 2.55. The molecule has 114 valence electrons. The van der Waals surface area contributed by atoms with Gasteiger partial charge in [0.05, 0.1) is 0 Å². The van der Waals surface area contributed by atoms with Crippen LogP contribution in [0.5, 0.6) is 0 Å². The van der Waals surface area contributed by atoms with Crippen LogP contribution in [0.25, 0.3) is 0 Å². The minimum Gasteiger partial charge on any atom is -0.314 e. The van der Waals surface area contributed by atoms with Crippen molar-refractivity contribution in [3.8, 4) is 0 Å². The first-order chi connectivity index (χ1) is 9.67. The van der Waals surface area contributed by atoms with Gasteiger partial charge in [-0.25, -0.2) is 0 Å². The van der Waals surface area contributed by atoms with E-state index in [-0.39, 0.29) is 0 Å². The van der Waals surface area contributed by atoms with Gasteiger partial charge in [-0.15, -0.1) is 0 Å². The van der Waals surface area contributed by atoms with E-state index in [0.29, 0.717) is 6.04 Å². The Hall–Kier alpha value is -0.240. The number of rotatable bonds is 10. The highest BCUT2D eigenvalue weighted by atomic mass is 35.5. The summed E-state index contributed by atoms with van der Waals surface area (Å²) in [5, 5.41) is 5.23. The molecule has 1 aromatic carbocycles. The van der Waals surface area contributed by atoms with Crippen molar-refractivity contribution in [2.24, 2.45) is 0 Å². The number of halogens is 2. The summed E-state index contributed by atoms with van der Waals surface area (Å²) in [6.07, 6.45) is 8.56. The van der Waals surface area contributed by atoms with E-state index >= 15 is 0 Å². The molecule has 0 saturated heterocycles. The predicted molar refractivity (Wildman–Crippen MR) is 91.0 cm³/mol. The Kier molecular flexibility index (Phi) is 9.33. The number of benzene rings is 1. The van der Waals surface area contributed by atoms with Gasteiger partial charge in [0.1, 0.15) is 0 Å². The molecule has 0 heterocycles. The average molecular weight is 316 g/mol. The molecule has 1 unspecified atom stereocenters. The molecule has 0 amide bonds. The van der Waals surface area contributed by atoms with Gasteiger partial charge in [0, 0.05) is 16.1 Å². The van der Waals surface area contributed by atoms with Gasteiger partial charge in [-0.2, -0.15) is 0 Å². The Bertz CT molecular complexity index is 379. The minimum atomic E-state index is 0.503. The molecule has 0 aliphatic rings. The average Bonchev–Trinajstić information content (AvgIpc) is 2.44. The third-order valence-electron chi connectivity index (χ3n) is 3.56. The third-order valence-corrected chi connectivity index (χ3v) is 4.17. The smallest absolute Gasteiger partial charge is 0.0439 e. The lowest BCUT2D eigenvalue weighted by Gasteiger charge is -2.19. The van der Waals surface area contributed by atoms with E-state index in [1.165, 1.54) is 32.1 Å². The summed E-state index contributed by atoms with van der Waals surface area (Å²) < 4.78 is 0. The summed E-state index contributed by atoms with van der Waals surface area (Å²) in [5.74, 6) is 0. The highest BCUT2D eigenvalue weighted by molar-refractivity contribution is 6.33. The van der Waals surface area contributed by atoms with Gasteiger partial charge in [-0.3, -0.25) is 0 Å². The summed E-state index contributed by atoms with van der Waals surface area (Å²) in [6.45, 7) is 5.52. The van der Waals surface area contributed by atoms with Crippen molar-refractivity contribution >= 4 is 23.2 Å². The first kappa shape index (κ1) is 17.8. The van der Waals surface area contributed by atoms with Crippen molar-refractivity contribution in [1.29, 1.82) is 0 Å². The fourth-order valence-corrected chi connectivity index (χ4v) is 2.80. The molecule has 1 aromatic rings. The molecule has 0 aliphatic heterocycles. The molecular weight excluding hydrogens is 289 g/mol. The number of unbranched alkanes of at least 4 members (excludes halogenated alkanes) is 3. The lowest BCUT2D eigenvalue weighted by molar-refractivity contribution is 0.453. The van der Waals surface area contributed by atoms with Crippen LogP contribution in [-0.4, -0.2) is 12.6 Å². The van der Waals surface area contributed by atoms with Crippen LogP contribution in [0.1, 0.15) is 57.9 Å². The molecule has 1 atom stereocenters. The van der Waals surface area contributed by atoms with Gasteiger partial charge in [0.25, 0.3) is 0 Å². The van der Waals surface area contributed by atoms with E-state index in [2.05, 4.69) is 19.2 Å². The van der Waals surface area contributed by atoms with E-state index < -0.39 is 0 Å². The molecule has 1 nitrogen and oxygen atoms in total. The molecule has 3 heteroatoms. The third kappa shape index (κ3) is 6.97. The van der Waals surface area contributed by atoms with Crippen molar-refractivity contribution in [2.45, 2.75) is 64.8 Å². The second-order valence-corrected chi connectivity index (χ2v) is 6.28. The molecular formula is C17H27Cl2N. The van der Waals surface area contributed by atoms with Crippen molar-refractivity contribution in [1.82, 2.24) is 5.32 Å². The highest BCUT2D eigenvalue weighted by Gasteiger charge is 2.11. The summed E-state index contributed by atoms with van der Waals surface area (Å²) >= 11 is 12.3. The largest absolute Gasteiger partial charge is 0.314 e. The van der Waals surface area contributed by atoms with Crippen LogP contribution in [0, 0.1) is 0 Å². The maximum absolute atomic E-state index is 6.27. The van der Waals surface area contributed by atoms with E-state index in [4.69, 9.17) is 23.2 Å². The second kappa shape index (κ2) is 10.5. The SMILES string of the molecule is CCCCCCC(Cc1cc(Cl)ccc1Cl)NCCC. The lowest BCUT2D eigenvalue weighted by Crippen LogP contribution is -2.31. The minimum absolute atomic E-state index is 0.503. The Morgan fingerprint density at radius 1 is 1.05 bits per heavy atom. The van der Waals surface area contributed by atoms with Crippen molar-refractivity contribution in [3.63, 3.8) is 0 Å². The van der Waals surface area contributed by atoms with Gasteiger partial charge in [-0.1, -0.05) is 62.7 Å². The van der Waals surface area contributed by atoms with Gasteiger partial charge in [-0.05, 0) is 49.6 Å². The van der Waals surface area contributed by atoms with Crippen molar-refractivity contribution < 1.29 is 0 Å². The van der Waals surface area contributed by atoms with E-state index in [1.54, 1.807) is 0 Å². The zero-order valence-corrected chi connectivity index (χ0v) is 14.2. The molecule has 1 N–H and O–H groups in total. The van der Waals surface area contributed by atoms with E-state index in [1.807, 2.05) is 18.2 Å². The van der Waals surface area contributed by atoms with Gasteiger partial charge in [0.2, 0.25) is 0 Å². The van der Waals surface area contributed by atoms with Gasteiger partial charge < -0.3 is 5.32 Å². The predicted octanol–water partition coefficient (Wildman–Crippen LogP) is 5.87. The summed E-state index contributed by atoms with van der Waals surface area (Å²) in [5.41, 5.74) is 1.16. The number of hydrogen-bond donors (Lipinski definition) is 1. The summed E-state index contributed by atoms with van der Waals surface area (Å²) in [7, 11) is 0. The van der Waals surface area contributed by atoms with Crippen LogP contribution in [0.2, 0.25) is 10.0 Å². The number of nitrogens with one attached hydrogen (secondary N) is 1. The summed E-state index contributed by atoms with van der Waals surface area (Å²) in [4.78, 5) is 0. The fourth-order valence-electron chi connectivity index (χ4n) is 2.41. The van der Waals surface area contributed by atoms with Crippen LogP contribution >= 0.6 is 23.2 Å². The zero-order chi connectivity index (χ0) is 14.8. The normalized spacial score (nSPS) is 12.6. The maximum Gasteiger partial charge on any atom is 0.0439 e. The van der Waals surface area contributed by atoms with Gasteiger partial charge >= 0.3 is 0 Å². The molecule has 0 saturated carbocycles. The first-order valence-electron chi connectivity index (χ1n) is 7.84. The fraction of sp³-hybridized carbons (Fsp3) is 0.647. The second-order valence-electron chi connectivity index (χ2n) is 5.44. The Morgan fingerprint density at radius 3 is 2.55 bits per heavy atom. The first-order valence-corrected chi connectivity index (χ1v) is 8.60. The molecule has 0 aromatic heterocycles. The molecule has 0 radical (unpaired) electrons. The maximum atomic E-state index is 6.27. The topological polar surface area (TPSA) is 12.0 Å². The zero-order valence-electron chi connectivity index (χ0n) is 12.7. The van der Waals surface area contributed by atoms with Crippen molar-refractivity contribution in [2.75, 3.05) is 6.54 Å².